The molecule has 5 nitrogen and oxygen atoms in total. The van der Waals surface area contributed by atoms with Crippen LogP contribution in [0.4, 0.5) is 4.79 Å². The van der Waals surface area contributed by atoms with Crippen molar-refractivity contribution < 1.29 is 14.3 Å². The molecule has 1 heterocycles. The highest BCUT2D eigenvalue weighted by Gasteiger charge is 2.27. The van der Waals surface area contributed by atoms with Crippen molar-refractivity contribution in [3.8, 4) is 0 Å². The van der Waals surface area contributed by atoms with E-state index in [-0.39, 0.29) is 11.9 Å². The van der Waals surface area contributed by atoms with Crippen LogP contribution in [0, 0.1) is 0 Å². The molecule has 1 atom stereocenters. The van der Waals surface area contributed by atoms with Gasteiger partial charge in [0.25, 0.3) is 5.91 Å². The van der Waals surface area contributed by atoms with Crippen LogP contribution in [0.25, 0.3) is 6.08 Å². The lowest BCUT2D eigenvalue weighted by Gasteiger charge is -2.34. The van der Waals surface area contributed by atoms with Crippen molar-refractivity contribution in [1.82, 2.24) is 10.2 Å². The molecule has 0 saturated carbocycles. The first-order chi connectivity index (χ1) is 11.3. The summed E-state index contributed by atoms with van der Waals surface area (Å²) in [4.78, 5) is 26.5. The van der Waals surface area contributed by atoms with Gasteiger partial charge in [-0.1, -0.05) is 30.9 Å². The minimum Gasteiger partial charge on any atom is -0.444 e. The van der Waals surface area contributed by atoms with Crippen molar-refractivity contribution in [2.75, 3.05) is 13.1 Å². The number of carbonyl (C=O) groups is 2. The van der Waals surface area contributed by atoms with Crippen LogP contribution >= 0.6 is 0 Å². The second-order valence-electron chi connectivity index (χ2n) is 7.03. The molecule has 1 unspecified atom stereocenters. The average Bonchev–Trinajstić information content (AvgIpc) is 2.52. The van der Waals surface area contributed by atoms with E-state index in [9.17, 15) is 9.59 Å². The van der Waals surface area contributed by atoms with Crippen LogP contribution in [0.5, 0.6) is 0 Å². The highest BCUT2D eigenvalue weighted by molar-refractivity contribution is 5.97. The third-order valence-electron chi connectivity index (χ3n) is 3.84. The Bertz CT molecular complexity index is 619. The van der Waals surface area contributed by atoms with Gasteiger partial charge in [0.2, 0.25) is 0 Å². The molecule has 0 aromatic heterocycles. The van der Waals surface area contributed by atoms with Gasteiger partial charge in [-0.3, -0.25) is 4.79 Å². The van der Waals surface area contributed by atoms with Crippen LogP contribution in [-0.4, -0.2) is 41.6 Å². The summed E-state index contributed by atoms with van der Waals surface area (Å²) < 4.78 is 5.29. The fourth-order valence-corrected chi connectivity index (χ4v) is 2.79. The maximum absolute atomic E-state index is 12.8. The summed E-state index contributed by atoms with van der Waals surface area (Å²) in [6.45, 7) is 10.4. The molecule has 1 N–H and O–H groups in total. The molecule has 0 aliphatic carbocycles. The van der Waals surface area contributed by atoms with Crippen molar-refractivity contribution >= 4 is 18.1 Å². The van der Waals surface area contributed by atoms with Crippen LogP contribution in [0.15, 0.2) is 30.8 Å². The molecule has 1 aromatic carbocycles. The number of amides is 2. The molecule has 1 fully saturated rings. The van der Waals surface area contributed by atoms with Crippen molar-refractivity contribution in [3.63, 3.8) is 0 Å². The number of nitrogens with one attached hydrogen (secondary N) is 1. The first-order valence-corrected chi connectivity index (χ1v) is 8.30. The van der Waals surface area contributed by atoms with Gasteiger partial charge in [0.1, 0.15) is 5.60 Å². The van der Waals surface area contributed by atoms with E-state index in [0.29, 0.717) is 18.7 Å². The highest BCUT2D eigenvalue weighted by atomic mass is 16.6. The van der Waals surface area contributed by atoms with Crippen LogP contribution in [0.3, 0.4) is 0 Å². The summed E-state index contributed by atoms with van der Waals surface area (Å²) >= 11 is 0. The van der Waals surface area contributed by atoms with E-state index in [1.165, 1.54) is 0 Å². The molecule has 2 amide bonds. The van der Waals surface area contributed by atoms with E-state index < -0.39 is 11.7 Å². The number of nitrogens with zero attached hydrogens (tertiary/aromatic N) is 1. The third-order valence-corrected chi connectivity index (χ3v) is 3.84. The number of carbonyl (C=O) groups excluding carboxylic acids is 2. The lowest BCUT2D eigenvalue weighted by molar-refractivity contribution is 0.0452. The molecule has 5 heteroatoms. The van der Waals surface area contributed by atoms with Crippen LogP contribution in [-0.2, 0) is 4.74 Å². The zero-order valence-corrected chi connectivity index (χ0v) is 14.7. The van der Waals surface area contributed by atoms with Crippen molar-refractivity contribution in [2.45, 2.75) is 45.3 Å². The largest absolute Gasteiger partial charge is 0.444 e. The zero-order valence-electron chi connectivity index (χ0n) is 14.7. The number of hydrogen-bond donors (Lipinski definition) is 1. The van der Waals surface area contributed by atoms with Gasteiger partial charge in [-0.25, -0.2) is 4.79 Å². The smallest absolute Gasteiger partial charge is 0.407 e. The number of benzene rings is 1. The monoisotopic (exact) mass is 330 g/mol. The van der Waals surface area contributed by atoms with Crippen LogP contribution in [0.2, 0.25) is 0 Å². The van der Waals surface area contributed by atoms with Gasteiger partial charge in [0.15, 0.2) is 0 Å². The molecule has 1 aliphatic heterocycles. The lowest BCUT2D eigenvalue weighted by Crippen LogP contribution is -2.50. The summed E-state index contributed by atoms with van der Waals surface area (Å²) in [6, 6.07) is 7.33. The fourth-order valence-electron chi connectivity index (χ4n) is 2.79. The minimum atomic E-state index is -0.531. The summed E-state index contributed by atoms with van der Waals surface area (Å²) in [5.41, 5.74) is 0.937. The Hall–Kier alpha value is -2.30. The van der Waals surface area contributed by atoms with Crippen LogP contribution < -0.4 is 5.32 Å². The SMILES string of the molecule is C=Cc1ccccc1C(=O)N1CCCC(NC(=O)OC(C)(C)C)C1. The number of piperidine rings is 1. The second kappa shape index (κ2) is 7.51. The topological polar surface area (TPSA) is 58.6 Å². The van der Waals surface area contributed by atoms with Crippen molar-refractivity contribution in [2.24, 2.45) is 0 Å². The van der Waals surface area contributed by atoms with Gasteiger partial charge in [-0.2, -0.15) is 0 Å². The number of likely N-dealkylation sites (tertiary alicyclic amines) is 1. The van der Waals surface area contributed by atoms with Gasteiger partial charge < -0.3 is 15.0 Å². The summed E-state index contributed by atoms with van der Waals surface area (Å²) in [5.74, 6) is -0.0267. The summed E-state index contributed by atoms with van der Waals surface area (Å²) in [5, 5.41) is 2.87. The molecule has 24 heavy (non-hydrogen) atoms. The quantitative estimate of drug-likeness (QED) is 0.923. The van der Waals surface area contributed by atoms with Gasteiger partial charge in [0.05, 0.1) is 0 Å². The van der Waals surface area contributed by atoms with E-state index in [4.69, 9.17) is 4.74 Å². The molecule has 1 aliphatic rings. The lowest BCUT2D eigenvalue weighted by atomic mass is 10.0. The first kappa shape index (κ1) is 18.0. The molecule has 1 aromatic rings. The Morgan fingerprint density at radius 2 is 2.04 bits per heavy atom. The average molecular weight is 330 g/mol. The molecule has 0 radical (unpaired) electrons. The number of ether oxygens (including phenoxy) is 1. The molecule has 130 valence electrons. The van der Waals surface area contributed by atoms with Gasteiger partial charge in [-0.05, 0) is 45.2 Å². The molecule has 2 rings (SSSR count). The van der Waals surface area contributed by atoms with Crippen LogP contribution in [0.1, 0.15) is 49.5 Å². The Morgan fingerprint density at radius 3 is 2.71 bits per heavy atom. The predicted octanol–water partition coefficient (Wildman–Crippen LogP) is 3.46. The molecular weight excluding hydrogens is 304 g/mol. The predicted molar refractivity (Wildman–Crippen MR) is 94.8 cm³/mol. The van der Waals surface area contributed by atoms with E-state index in [2.05, 4.69) is 11.9 Å². The Labute approximate surface area is 143 Å². The van der Waals surface area contributed by atoms with E-state index in [0.717, 1.165) is 18.4 Å². The number of alkyl carbamates (subject to hydrolysis) is 1. The Balaban J connectivity index is 2.01. The minimum absolute atomic E-state index is 0.0267. The first-order valence-electron chi connectivity index (χ1n) is 8.30. The molecule has 0 spiro atoms. The van der Waals surface area contributed by atoms with E-state index >= 15 is 0 Å². The van der Waals surface area contributed by atoms with Gasteiger partial charge in [0, 0.05) is 24.7 Å². The van der Waals surface area contributed by atoms with E-state index in [1.807, 2.05) is 45.0 Å². The van der Waals surface area contributed by atoms with Gasteiger partial charge in [-0.15, -0.1) is 0 Å². The summed E-state index contributed by atoms with van der Waals surface area (Å²) in [7, 11) is 0. The number of hydrogen-bond acceptors (Lipinski definition) is 3. The maximum Gasteiger partial charge on any atom is 0.407 e. The Morgan fingerprint density at radius 1 is 1.33 bits per heavy atom. The molecular formula is C19H26N2O3. The van der Waals surface area contributed by atoms with Crippen molar-refractivity contribution in [3.05, 3.63) is 42.0 Å². The number of rotatable bonds is 3. The fraction of sp³-hybridized carbons (Fsp3) is 0.474. The third kappa shape index (κ3) is 4.85. The Kier molecular flexibility index (Phi) is 5.65. The summed E-state index contributed by atoms with van der Waals surface area (Å²) in [6.07, 6.45) is 2.94. The van der Waals surface area contributed by atoms with E-state index in [1.54, 1.807) is 11.0 Å². The normalized spacial score (nSPS) is 18.0. The standard InChI is InChI=1S/C19H26N2O3/c1-5-14-9-6-7-11-16(14)17(22)21-12-8-10-15(13-21)20-18(23)24-19(2,3)4/h5-7,9,11,15H,1,8,10,12-13H2,2-4H3,(H,20,23). The second-order valence-corrected chi connectivity index (χ2v) is 7.03. The molecule has 1 saturated heterocycles. The zero-order chi connectivity index (χ0) is 17.7. The maximum atomic E-state index is 12.8. The van der Waals surface area contributed by atoms with Crippen molar-refractivity contribution in [1.29, 1.82) is 0 Å². The highest BCUT2D eigenvalue weighted by Crippen LogP contribution is 2.18. The molecule has 0 bridgehead atoms. The van der Waals surface area contributed by atoms with Gasteiger partial charge >= 0.3 is 6.09 Å².